The van der Waals surface area contributed by atoms with Gasteiger partial charge >= 0.3 is 6.09 Å². The van der Waals surface area contributed by atoms with Crippen molar-refractivity contribution in [1.29, 1.82) is 0 Å². The SMILES string of the molecule is CCCCCN(C(=O)C(CS)NC(=O)OC(C)(C)C)C(C(=O)NC(C)(C)C)c1cccc(C)c1. The van der Waals surface area contributed by atoms with Crippen LogP contribution in [0, 0.1) is 6.92 Å². The van der Waals surface area contributed by atoms with Gasteiger partial charge in [-0.3, -0.25) is 9.59 Å². The third kappa shape index (κ3) is 10.4. The Hall–Kier alpha value is -2.22. The molecule has 0 bridgehead atoms. The monoisotopic (exact) mass is 493 g/mol. The highest BCUT2D eigenvalue weighted by atomic mass is 32.1. The zero-order valence-corrected chi connectivity index (χ0v) is 22.9. The van der Waals surface area contributed by atoms with Gasteiger partial charge in [0.1, 0.15) is 17.7 Å². The second-order valence-electron chi connectivity index (χ2n) is 10.7. The van der Waals surface area contributed by atoms with E-state index in [1.807, 2.05) is 52.0 Å². The van der Waals surface area contributed by atoms with Gasteiger partial charge in [0.2, 0.25) is 11.8 Å². The molecule has 2 atom stereocenters. The molecule has 0 aliphatic heterocycles. The number of hydrogen-bond donors (Lipinski definition) is 3. The molecule has 0 spiro atoms. The van der Waals surface area contributed by atoms with Crippen LogP contribution >= 0.6 is 12.6 Å². The predicted molar refractivity (Wildman–Crippen MR) is 140 cm³/mol. The van der Waals surface area contributed by atoms with E-state index in [2.05, 4.69) is 30.2 Å². The summed E-state index contributed by atoms with van der Waals surface area (Å²) in [6, 6.07) is 5.83. The van der Waals surface area contributed by atoms with Gasteiger partial charge in [-0.1, -0.05) is 49.6 Å². The van der Waals surface area contributed by atoms with E-state index in [1.165, 1.54) is 0 Å². The predicted octanol–water partition coefficient (Wildman–Crippen LogP) is 4.79. The average molecular weight is 494 g/mol. The molecule has 1 aromatic carbocycles. The lowest BCUT2D eigenvalue weighted by molar-refractivity contribution is -0.142. The molecule has 192 valence electrons. The van der Waals surface area contributed by atoms with Crippen molar-refractivity contribution in [3.63, 3.8) is 0 Å². The van der Waals surface area contributed by atoms with E-state index in [9.17, 15) is 14.4 Å². The van der Waals surface area contributed by atoms with Crippen LogP contribution in [-0.2, 0) is 14.3 Å². The van der Waals surface area contributed by atoms with E-state index in [0.29, 0.717) is 6.54 Å². The highest BCUT2D eigenvalue weighted by molar-refractivity contribution is 7.80. The summed E-state index contributed by atoms with van der Waals surface area (Å²) in [6.07, 6.45) is 1.92. The van der Waals surface area contributed by atoms with E-state index >= 15 is 0 Å². The van der Waals surface area contributed by atoms with Gasteiger partial charge in [-0.25, -0.2) is 4.79 Å². The molecule has 8 heteroatoms. The summed E-state index contributed by atoms with van der Waals surface area (Å²) in [6.45, 7) is 15.4. The highest BCUT2D eigenvalue weighted by Crippen LogP contribution is 2.25. The van der Waals surface area contributed by atoms with E-state index in [1.54, 1.807) is 25.7 Å². The van der Waals surface area contributed by atoms with Crippen LogP contribution in [0.5, 0.6) is 0 Å². The third-order valence-corrected chi connectivity index (χ3v) is 5.24. The van der Waals surface area contributed by atoms with Crippen molar-refractivity contribution in [2.24, 2.45) is 0 Å². The first-order chi connectivity index (χ1) is 15.7. The molecule has 0 aromatic heterocycles. The van der Waals surface area contributed by atoms with Gasteiger partial charge < -0.3 is 20.3 Å². The van der Waals surface area contributed by atoms with Crippen molar-refractivity contribution in [2.45, 2.75) is 97.9 Å². The standard InChI is InChI=1S/C26H43N3O4S/c1-9-10-11-15-29(23(31)20(17-34)27-24(32)33-26(6,7)8)21(22(30)28-25(3,4)5)19-14-12-13-18(2)16-19/h12-14,16,20-21,34H,9-11,15,17H2,1-8H3,(H,27,32)(H,28,30). The number of aryl methyl sites for hydroxylation is 1. The Bertz CT molecular complexity index is 830. The molecule has 0 saturated carbocycles. The number of amides is 3. The van der Waals surface area contributed by atoms with Crippen molar-refractivity contribution in [2.75, 3.05) is 12.3 Å². The number of nitrogens with one attached hydrogen (secondary N) is 2. The van der Waals surface area contributed by atoms with E-state index in [4.69, 9.17) is 4.74 Å². The van der Waals surface area contributed by atoms with Crippen molar-refractivity contribution in [3.8, 4) is 0 Å². The number of nitrogens with zero attached hydrogens (tertiary/aromatic N) is 1. The number of thiol groups is 1. The Kier molecular flexibility index (Phi) is 11.4. The summed E-state index contributed by atoms with van der Waals surface area (Å²) in [5, 5.41) is 5.67. The van der Waals surface area contributed by atoms with Crippen LogP contribution in [0.4, 0.5) is 4.79 Å². The van der Waals surface area contributed by atoms with Gasteiger partial charge in [0.15, 0.2) is 0 Å². The number of unbranched alkanes of at least 4 members (excludes halogenated alkanes) is 2. The maximum atomic E-state index is 13.8. The molecular formula is C26H43N3O4S. The highest BCUT2D eigenvalue weighted by Gasteiger charge is 2.36. The van der Waals surface area contributed by atoms with Gasteiger partial charge in [-0.05, 0) is 60.5 Å². The van der Waals surface area contributed by atoms with Crippen LogP contribution in [0.2, 0.25) is 0 Å². The van der Waals surface area contributed by atoms with Crippen molar-refractivity contribution in [3.05, 3.63) is 35.4 Å². The van der Waals surface area contributed by atoms with Crippen LogP contribution < -0.4 is 10.6 Å². The first-order valence-electron chi connectivity index (χ1n) is 12.0. The first-order valence-corrected chi connectivity index (χ1v) is 12.6. The summed E-state index contributed by atoms with van der Waals surface area (Å²) in [7, 11) is 0. The van der Waals surface area contributed by atoms with Gasteiger partial charge in [0.05, 0.1) is 0 Å². The Labute approximate surface area is 210 Å². The lowest BCUT2D eigenvalue weighted by Gasteiger charge is -2.36. The molecule has 7 nitrogen and oxygen atoms in total. The number of rotatable bonds is 10. The van der Waals surface area contributed by atoms with Gasteiger partial charge in [0.25, 0.3) is 0 Å². The summed E-state index contributed by atoms with van der Waals surface area (Å²) >= 11 is 4.32. The summed E-state index contributed by atoms with van der Waals surface area (Å²) in [4.78, 5) is 41.3. The minimum Gasteiger partial charge on any atom is -0.444 e. The molecule has 2 unspecified atom stereocenters. The van der Waals surface area contributed by atoms with Gasteiger partial charge in [-0.2, -0.15) is 12.6 Å². The molecule has 34 heavy (non-hydrogen) atoms. The summed E-state index contributed by atoms with van der Waals surface area (Å²) in [5.74, 6) is -0.560. The van der Waals surface area contributed by atoms with Crippen LogP contribution in [0.3, 0.4) is 0 Å². The Balaban J connectivity index is 3.40. The third-order valence-electron chi connectivity index (χ3n) is 4.87. The zero-order valence-electron chi connectivity index (χ0n) is 22.0. The van der Waals surface area contributed by atoms with Crippen LogP contribution in [0.1, 0.15) is 84.9 Å². The molecule has 0 radical (unpaired) electrons. The van der Waals surface area contributed by atoms with Crippen LogP contribution in [0.25, 0.3) is 0 Å². The van der Waals surface area contributed by atoms with E-state index in [-0.39, 0.29) is 17.6 Å². The molecule has 0 saturated heterocycles. The van der Waals surface area contributed by atoms with E-state index in [0.717, 1.165) is 30.4 Å². The zero-order chi connectivity index (χ0) is 26.1. The smallest absolute Gasteiger partial charge is 0.408 e. The Morgan fingerprint density at radius 3 is 2.24 bits per heavy atom. The largest absolute Gasteiger partial charge is 0.444 e. The molecule has 1 aromatic rings. The minimum absolute atomic E-state index is 0.0732. The van der Waals surface area contributed by atoms with Gasteiger partial charge in [0, 0.05) is 17.8 Å². The number of benzene rings is 1. The van der Waals surface area contributed by atoms with Crippen molar-refractivity contribution in [1.82, 2.24) is 15.5 Å². The molecule has 0 heterocycles. The molecule has 3 amide bonds. The number of carbonyl (C=O) groups excluding carboxylic acids is 3. The van der Waals surface area contributed by atoms with Crippen LogP contribution in [0.15, 0.2) is 24.3 Å². The number of carbonyl (C=O) groups is 3. The average Bonchev–Trinajstić information content (AvgIpc) is 2.68. The topological polar surface area (TPSA) is 87.7 Å². The van der Waals surface area contributed by atoms with E-state index < -0.39 is 29.3 Å². The molecule has 0 aliphatic rings. The molecule has 0 aliphatic carbocycles. The second-order valence-corrected chi connectivity index (χ2v) is 11.0. The minimum atomic E-state index is -0.936. The maximum absolute atomic E-state index is 13.8. The first kappa shape index (κ1) is 29.8. The quantitative estimate of drug-likeness (QED) is 0.323. The Morgan fingerprint density at radius 1 is 1.09 bits per heavy atom. The number of hydrogen-bond acceptors (Lipinski definition) is 5. The number of alkyl carbamates (subject to hydrolysis) is 1. The lowest BCUT2D eigenvalue weighted by Crippen LogP contribution is -2.55. The fraction of sp³-hybridized carbons (Fsp3) is 0.654. The Morgan fingerprint density at radius 2 is 1.74 bits per heavy atom. The molecule has 0 fully saturated rings. The summed E-state index contributed by atoms with van der Waals surface area (Å²) < 4.78 is 5.34. The van der Waals surface area contributed by atoms with Crippen molar-refractivity contribution >= 4 is 30.5 Å². The fourth-order valence-corrected chi connectivity index (χ4v) is 3.73. The van der Waals surface area contributed by atoms with Crippen LogP contribution in [-0.4, -0.2) is 52.3 Å². The molecular weight excluding hydrogens is 450 g/mol. The molecule has 1 rings (SSSR count). The maximum Gasteiger partial charge on any atom is 0.408 e. The molecule has 2 N–H and O–H groups in total. The summed E-state index contributed by atoms with van der Waals surface area (Å²) in [5.41, 5.74) is 0.535. The normalized spacial score (nSPS) is 13.6. The van der Waals surface area contributed by atoms with Gasteiger partial charge in [-0.15, -0.1) is 0 Å². The lowest BCUT2D eigenvalue weighted by atomic mass is 9.99. The second kappa shape index (κ2) is 13.0. The number of ether oxygens (including phenoxy) is 1. The fourth-order valence-electron chi connectivity index (χ4n) is 3.49. The van der Waals surface area contributed by atoms with Crippen molar-refractivity contribution < 1.29 is 19.1 Å².